The van der Waals surface area contributed by atoms with E-state index in [1.54, 1.807) is 56.6 Å². The number of phenols is 1. The Morgan fingerprint density at radius 3 is 2.68 bits per heavy atom. The zero-order valence-corrected chi connectivity index (χ0v) is 18.5. The van der Waals surface area contributed by atoms with Crippen molar-refractivity contribution in [1.29, 1.82) is 0 Å². The minimum absolute atomic E-state index is 0.0988. The molecule has 4 heterocycles. The lowest BCUT2D eigenvalue weighted by Gasteiger charge is -2.20. The maximum absolute atomic E-state index is 13.1. The van der Waals surface area contributed by atoms with Crippen LogP contribution in [0.15, 0.2) is 69.5 Å². The molecule has 1 N–H and O–H groups in total. The molecule has 11 heteroatoms. The fourth-order valence-electron chi connectivity index (χ4n) is 3.25. The van der Waals surface area contributed by atoms with Gasteiger partial charge in [-0.25, -0.2) is 5.01 Å². The number of carbonyl (C=O) groups is 1. The molecule has 4 aromatic rings. The van der Waals surface area contributed by atoms with Gasteiger partial charge in [-0.2, -0.15) is 9.78 Å². The number of benzene rings is 1. The van der Waals surface area contributed by atoms with Gasteiger partial charge in [0.1, 0.15) is 5.75 Å². The Balaban J connectivity index is 1.34. The van der Waals surface area contributed by atoms with Gasteiger partial charge in [0.2, 0.25) is 5.16 Å². The van der Waals surface area contributed by atoms with Gasteiger partial charge in [-0.1, -0.05) is 23.9 Å². The normalized spacial score (nSPS) is 15.9. The molecule has 0 bridgehead atoms. The molecule has 0 radical (unpaired) electrons. The third-order valence-electron chi connectivity index (χ3n) is 4.70. The minimum Gasteiger partial charge on any atom is -0.508 e. The van der Waals surface area contributed by atoms with Crippen LogP contribution >= 0.6 is 34.4 Å². The number of tetrazole rings is 1. The van der Waals surface area contributed by atoms with Crippen molar-refractivity contribution in [2.24, 2.45) is 5.10 Å². The molecule has 156 valence electrons. The van der Waals surface area contributed by atoms with Gasteiger partial charge < -0.3 is 5.11 Å². The molecular formula is C20H16N6O2S3. The van der Waals surface area contributed by atoms with E-state index in [4.69, 9.17) is 0 Å². The van der Waals surface area contributed by atoms with E-state index in [9.17, 15) is 9.90 Å². The molecule has 3 aromatic heterocycles. The third-order valence-corrected chi connectivity index (χ3v) is 7.50. The number of thioether (sulfide) groups is 1. The number of hydrazone groups is 1. The summed E-state index contributed by atoms with van der Waals surface area (Å²) in [7, 11) is 0. The molecule has 1 aliphatic rings. The van der Waals surface area contributed by atoms with E-state index < -0.39 is 0 Å². The van der Waals surface area contributed by atoms with E-state index in [2.05, 4.69) is 20.6 Å². The number of carbonyl (C=O) groups excluding carboxylic acids is 1. The number of aromatic hydroxyl groups is 1. The lowest BCUT2D eigenvalue weighted by molar-refractivity contribution is -0.130. The van der Waals surface area contributed by atoms with Crippen LogP contribution in [0.1, 0.15) is 22.2 Å². The Bertz CT molecular complexity index is 1200. The van der Waals surface area contributed by atoms with Crippen molar-refractivity contribution in [3.05, 3.63) is 69.0 Å². The number of rotatable bonds is 6. The first-order valence-corrected chi connectivity index (χ1v) is 12.1. The van der Waals surface area contributed by atoms with Crippen molar-refractivity contribution in [3.63, 3.8) is 0 Å². The monoisotopic (exact) mass is 468 g/mol. The van der Waals surface area contributed by atoms with Gasteiger partial charge in [-0.3, -0.25) is 4.79 Å². The van der Waals surface area contributed by atoms with Crippen LogP contribution in [0.2, 0.25) is 0 Å². The minimum atomic E-state index is -0.102. The van der Waals surface area contributed by atoms with Crippen LogP contribution in [0.3, 0.4) is 0 Å². The molecule has 0 saturated heterocycles. The highest BCUT2D eigenvalue weighted by molar-refractivity contribution is 7.99. The summed E-state index contributed by atoms with van der Waals surface area (Å²) in [5.74, 6) is 0.214. The van der Waals surface area contributed by atoms with Gasteiger partial charge in [0, 0.05) is 11.3 Å². The largest absolute Gasteiger partial charge is 0.508 e. The van der Waals surface area contributed by atoms with Crippen LogP contribution in [0, 0.1) is 0 Å². The van der Waals surface area contributed by atoms with Gasteiger partial charge in [-0.15, -0.1) is 27.8 Å². The summed E-state index contributed by atoms with van der Waals surface area (Å²) >= 11 is 4.51. The van der Waals surface area contributed by atoms with Crippen LogP contribution in [0.4, 0.5) is 0 Å². The Morgan fingerprint density at radius 1 is 1.13 bits per heavy atom. The topological polar surface area (TPSA) is 96.5 Å². The van der Waals surface area contributed by atoms with Crippen LogP contribution < -0.4 is 0 Å². The summed E-state index contributed by atoms with van der Waals surface area (Å²) in [4.78, 5) is 15.3. The van der Waals surface area contributed by atoms with Gasteiger partial charge in [0.25, 0.3) is 5.91 Å². The highest BCUT2D eigenvalue weighted by Crippen LogP contribution is 2.36. The fraction of sp³-hybridized carbons (Fsp3) is 0.150. The Hall–Kier alpha value is -3.02. The van der Waals surface area contributed by atoms with Gasteiger partial charge >= 0.3 is 0 Å². The number of nitrogens with zero attached hydrogens (tertiary/aromatic N) is 6. The van der Waals surface area contributed by atoms with Crippen molar-refractivity contribution in [2.45, 2.75) is 17.6 Å². The molecule has 0 spiro atoms. The molecule has 8 nitrogen and oxygen atoms in total. The van der Waals surface area contributed by atoms with E-state index in [0.717, 1.165) is 15.5 Å². The second-order valence-electron chi connectivity index (χ2n) is 6.68. The van der Waals surface area contributed by atoms with Gasteiger partial charge in [0.15, 0.2) is 0 Å². The van der Waals surface area contributed by atoms with Crippen LogP contribution in [0.25, 0.3) is 5.69 Å². The first-order valence-electron chi connectivity index (χ1n) is 9.36. The zero-order chi connectivity index (χ0) is 21.2. The maximum atomic E-state index is 13.1. The molecule has 31 heavy (non-hydrogen) atoms. The molecular weight excluding hydrogens is 452 g/mol. The van der Waals surface area contributed by atoms with Crippen molar-refractivity contribution < 1.29 is 9.90 Å². The van der Waals surface area contributed by atoms with Crippen molar-refractivity contribution in [3.8, 4) is 11.4 Å². The molecule has 0 aliphatic carbocycles. The molecule has 5 rings (SSSR count). The summed E-state index contributed by atoms with van der Waals surface area (Å²) in [6, 6.07) is 14.5. The molecule has 1 aromatic carbocycles. The second kappa shape index (κ2) is 8.61. The highest BCUT2D eigenvalue weighted by Gasteiger charge is 2.34. The lowest BCUT2D eigenvalue weighted by Crippen LogP contribution is -2.28. The van der Waals surface area contributed by atoms with Crippen LogP contribution in [-0.4, -0.2) is 47.7 Å². The molecule has 1 amide bonds. The number of thiophene rings is 2. The van der Waals surface area contributed by atoms with E-state index in [1.807, 2.05) is 35.0 Å². The molecule has 0 saturated carbocycles. The first-order chi connectivity index (χ1) is 15.2. The average molecular weight is 469 g/mol. The summed E-state index contributed by atoms with van der Waals surface area (Å²) in [5.41, 5.74) is 1.63. The van der Waals surface area contributed by atoms with Gasteiger partial charge in [0.05, 0.1) is 28.1 Å². The molecule has 1 unspecified atom stereocenters. The number of amides is 1. The highest BCUT2D eigenvalue weighted by atomic mass is 32.2. The van der Waals surface area contributed by atoms with Crippen LogP contribution in [0.5, 0.6) is 5.75 Å². The number of hydrogen-bond donors (Lipinski definition) is 1. The summed E-state index contributed by atoms with van der Waals surface area (Å²) in [5, 5.41) is 32.0. The molecule has 0 fully saturated rings. The lowest BCUT2D eigenvalue weighted by atomic mass is 10.1. The quantitative estimate of drug-likeness (QED) is 0.430. The van der Waals surface area contributed by atoms with Crippen molar-refractivity contribution in [1.82, 2.24) is 25.2 Å². The molecule has 1 aliphatic heterocycles. The van der Waals surface area contributed by atoms with Gasteiger partial charge in [-0.05, 0) is 57.6 Å². The Labute approximate surface area is 189 Å². The fourth-order valence-corrected chi connectivity index (χ4v) is 5.53. The standard InChI is InChI=1S/C20H16N6O2S3/c27-14-7-5-13(6-8-14)25-20(21-23-24-25)31-12-19(28)26-16(18-4-2-10-30-18)11-15(22-26)17-3-1-9-29-17/h1-10,16,27H,11-12H2. The average Bonchev–Trinajstić information content (AvgIpc) is 3.58. The predicted octanol–water partition coefficient (Wildman–Crippen LogP) is 3.96. The Kier molecular flexibility index (Phi) is 5.53. The number of aromatic nitrogens is 4. The van der Waals surface area contributed by atoms with Crippen LogP contribution in [-0.2, 0) is 4.79 Å². The van der Waals surface area contributed by atoms with Crippen molar-refractivity contribution >= 4 is 46.1 Å². The van der Waals surface area contributed by atoms with E-state index in [0.29, 0.717) is 17.3 Å². The summed E-state index contributed by atoms with van der Waals surface area (Å²) in [6.45, 7) is 0. The van der Waals surface area contributed by atoms with E-state index >= 15 is 0 Å². The third kappa shape index (κ3) is 4.11. The van der Waals surface area contributed by atoms with E-state index in [1.165, 1.54) is 11.8 Å². The number of hydrogen-bond acceptors (Lipinski definition) is 9. The smallest absolute Gasteiger partial charge is 0.253 e. The SMILES string of the molecule is O=C(CSc1nnnn1-c1ccc(O)cc1)N1N=C(c2cccs2)CC1c1cccs1. The van der Waals surface area contributed by atoms with Crippen molar-refractivity contribution in [2.75, 3.05) is 5.75 Å². The second-order valence-corrected chi connectivity index (χ2v) is 9.55. The maximum Gasteiger partial charge on any atom is 0.253 e. The molecule has 1 atom stereocenters. The summed E-state index contributed by atoms with van der Waals surface area (Å²) in [6.07, 6.45) is 0.697. The predicted molar refractivity (Wildman–Crippen MR) is 121 cm³/mol. The Morgan fingerprint density at radius 2 is 1.94 bits per heavy atom. The van der Waals surface area contributed by atoms with E-state index in [-0.39, 0.29) is 23.5 Å². The number of phenolic OH excluding ortho intramolecular Hbond substituents is 1. The first kappa shape index (κ1) is 19.9. The zero-order valence-electron chi connectivity index (χ0n) is 16.0. The summed E-state index contributed by atoms with van der Waals surface area (Å²) < 4.78 is 1.54.